The molecule has 0 radical (unpaired) electrons. The first-order valence-corrected chi connectivity index (χ1v) is 9.51. The number of nitrogens with zero attached hydrogens (tertiary/aromatic N) is 4. The van der Waals surface area contributed by atoms with Gasteiger partial charge in [-0.3, -0.25) is 9.59 Å². The number of anilines is 1. The maximum absolute atomic E-state index is 12.8. The molecule has 0 saturated carbocycles. The van der Waals surface area contributed by atoms with Crippen LogP contribution in [0.25, 0.3) is 11.3 Å². The van der Waals surface area contributed by atoms with Gasteiger partial charge in [-0.15, -0.1) is 0 Å². The van der Waals surface area contributed by atoms with Gasteiger partial charge in [0.15, 0.2) is 0 Å². The van der Waals surface area contributed by atoms with E-state index in [0.29, 0.717) is 30.8 Å². The van der Waals surface area contributed by atoms with Crippen LogP contribution in [0.3, 0.4) is 0 Å². The Morgan fingerprint density at radius 2 is 2.14 bits per heavy atom. The van der Waals surface area contributed by atoms with Crippen LogP contribution in [-0.4, -0.2) is 63.1 Å². The summed E-state index contributed by atoms with van der Waals surface area (Å²) in [7, 11) is 0. The summed E-state index contributed by atoms with van der Waals surface area (Å²) in [5.41, 5.74) is 7.49. The summed E-state index contributed by atoms with van der Waals surface area (Å²) in [6, 6.07) is 3.30. The molecule has 0 aromatic carbocycles. The molecule has 2 aliphatic heterocycles. The summed E-state index contributed by atoms with van der Waals surface area (Å²) in [5, 5.41) is 3.36. The van der Waals surface area contributed by atoms with Crippen molar-refractivity contribution in [1.82, 2.24) is 19.4 Å². The van der Waals surface area contributed by atoms with E-state index < -0.39 is 11.9 Å². The molecule has 1 unspecified atom stereocenters. The number of carbonyl (C=O) groups is 2. The standard InChI is InChI=1S/C19H24N6O3/c1-12(17(20)26)25-7-6-24-11-13(10-16(24)18(25)27)15-2-5-21-19(23-15)22-14-3-8-28-9-4-14/h2,5,10-12,14H,3-4,6-9H2,1H3,(H2,20,26)(H,21,22,23). The lowest BCUT2D eigenvalue weighted by molar-refractivity contribution is -0.122. The third-order valence-corrected chi connectivity index (χ3v) is 5.34. The first-order chi connectivity index (χ1) is 13.5. The molecule has 28 heavy (non-hydrogen) atoms. The maximum atomic E-state index is 12.8. The molecule has 2 aromatic heterocycles. The van der Waals surface area contributed by atoms with Crippen LogP contribution in [0.15, 0.2) is 24.5 Å². The largest absolute Gasteiger partial charge is 0.381 e. The smallest absolute Gasteiger partial charge is 0.271 e. The molecule has 9 nitrogen and oxygen atoms in total. The van der Waals surface area contributed by atoms with Crippen molar-refractivity contribution in [2.45, 2.75) is 38.4 Å². The van der Waals surface area contributed by atoms with Crippen LogP contribution >= 0.6 is 0 Å². The van der Waals surface area contributed by atoms with Crippen molar-refractivity contribution >= 4 is 17.8 Å². The van der Waals surface area contributed by atoms with Gasteiger partial charge >= 0.3 is 0 Å². The Bertz CT molecular complexity index is 890. The van der Waals surface area contributed by atoms with Gasteiger partial charge in [0.2, 0.25) is 11.9 Å². The SMILES string of the molecule is CC(C(N)=O)N1CCn2cc(-c3ccnc(NC4CCOCC4)n3)cc2C1=O. The zero-order valence-corrected chi connectivity index (χ0v) is 15.8. The zero-order valence-electron chi connectivity index (χ0n) is 15.8. The lowest BCUT2D eigenvalue weighted by Gasteiger charge is -2.31. The van der Waals surface area contributed by atoms with E-state index in [-0.39, 0.29) is 5.91 Å². The fraction of sp³-hybridized carbons (Fsp3) is 0.474. The quantitative estimate of drug-likeness (QED) is 0.790. The number of nitrogens with one attached hydrogen (secondary N) is 1. The number of hydrogen-bond acceptors (Lipinski definition) is 6. The summed E-state index contributed by atoms with van der Waals surface area (Å²) in [4.78, 5) is 34.7. The predicted octanol–water partition coefficient (Wildman–Crippen LogP) is 0.866. The molecule has 9 heteroatoms. The molecule has 3 N–H and O–H groups in total. The molecule has 1 saturated heterocycles. The lowest BCUT2D eigenvalue weighted by atomic mass is 10.1. The van der Waals surface area contributed by atoms with Crippen molar-refractivity contribution in [3.05, 3.63) is 30.2 Å². The highest BCUT2D eigenvalue weighted by Crippen LogP contribution is 2.25. The number of ether oxygens (including phenoxy) is 1. The molecule has 0 spiro atoms. The molecule has 148 valence electrons. The van der Waals surface area contributed by atoms with E-state index in [1.54, 1.807) is 13.1 Å². The Morgan fingerprint density at radius 1 is 1.36 bits per heavy atom. The first-order valence-electron chi connectivity index (χ1n) is 9.51. The van der Waals surface area contributed by atoms with E-state index in [2.05, 4.69) is 15.3 Å². The molecule has 0 aliphatic carbocycles. The van der Waals surface area contributed by atoms with Crippen molar-refractivity contribution in [2.75, 3.05) is 25.1 Å². The minimum atomic E-state index is -0.631. The van der Waals surface area contributed by atoms with Gasteiger partial charge in [-0.25, -0.2) is 9.97 Å². The molecule has 1 fully saturated rings. The number of fused-ring (bicyclic) bond motifs is 1. The van der Waals surface area contributed by atoms with Crippen LogP contribution in [0, 0.1) is 0 Å². The Kier molecular flexibility index (Phi) is 4.99. The Labute approximate surface area is 162 Å². The van der Waals surface area contributed by atoms with E-state index in [1.807, 2.05) is 22.9 Å². The average Bonchev–Trinajstić information content (AvgIpc) is 3.14. The maximum Gasteiger partial charge on any atom is 0.271 e. The highest BCUT2D eigenvalue weighted by molar-refractivity contribution is 5.97. The van der Waals surface area contributed by atoms with Gasteiger partial charge in [0, 0.05) is 50.3 Å². The lowest BCUT2D eigenvalue weighted by Crippen LogP contribution is -2.50. The Morgan fingerprint density at radius 3 is 2.89 bits per heavy atom. The number of rotatable bonds is 5. The molecule has 4 rings (SSSR count). The number of amides is 2. The van der Waals surface area contributed by atoms with Crippen molar-refractivity contribution in [2.24, 2.45) is 5.73 Å². The van der Waals surface area contributed by atoms with Crippen LogP contribution in [0.4, 0.5) is 5.95 Å². The normalized spacial score (nSPS) is 18.6. The van der Waals surface area contributed by atoms with E-state index in [4.69, 9.17) is 10.5 Å². The summed E-state index contributed by atoms with van der Waals surface area (Å²) in [5.74, 6) is -0.129. The molecule has 2 aromatic rings. The third-order valence-electron chi connectivity index (χ3n) is 5.34. The van der Waals surface area contributed by atoms with E-state index in [9.17, 15) is 9.59 Å². The minimum Gasteiger partial charge on any atom is -0.381 e. The van der Waals surface area contributed by atoms with Crippen LogP contribution in [0.2, 0.25) is 0 Å². The van der Waals surface area contributed by atoms with Gasteiger partial charge in [0.1, 0.15) is 11.7 Å². The van der Waals surface area contributed by atoms with Crippen molar-refractivity contribution in [3.8, 4) is 11.3 Å². The van der Waals surface area contributed by atoms with Gasteiger partial charge in [0.25, 0.3) is 5.91 Å². The van der Waals surface area contributed by atoms with Gasteiger partial charge < -0.3 is 25.3 Å². The van der Waals surface area contributed by atoms with E-state index in [1.165, 1.54) is 4.90 Å². The minimum absolute atomic E-state index is 0.196. The van der Waals surface area contributed by atoms with Gasteiger partial charge in [-0.05, 0) is 31.9 Å². The second kappa shape index (κ2) is 7.59. The molecule has 1 atom stereocenters. The fourth-order valence-corrected chi connectivity index (χ4v) is 3.62. The summed E-state index contributed by atoms with van der Waals surface area (Å²) < 4.78 is 7.28. The van der Waals surface area contributed by atoms with Crippen LogP contribution in [0.1, 0.15) is 30.3 Å². The Balaban J connectivity index is 1.55. The van der Waals surface area contributed by atoms with Crippen LogP contribution < -0.4 is 11.1 Å². The molecule has 2 amide bonds. The summed E-state index contributed by atoms with van der Waals surface area (Å²) >= 11 is 0. The van der Waals surface area contributed by atoms with Crippen molar-refractivity contribution < 1.29 is 14.3 Å². The molecule has 4 heterocycles. The zero-order chi connectivity index (χ0) is 19.7. The number of hydrogen-bond donors (Lipinski definition) is 2. The highest BCUT2D eigenvalue weighted by atomic mass is 16.5. The highest BCUT2D eigenvalue weighted by Gasteiger charge is 2.31. The summed E-state index contributed by atoms with van der Waals surface area (Å²) in [6.07, 6.45) is 5.48. The molecular formula is C19H24N6O3. The monoisotopic (exact) mass is 384 g/mol. The van der Waals surface area contributed by atoms with Gasteiger partial charge in [-0.2, -0.15) is 0 Å². The average molecular weight is 384 g/mol. The van der Waals surface area contributed by atoms with Gasteiger partial charge in [0.05, 0.1) is 5.69 Å². The van der Waals surface area contributed by atoms with Crippen molar-refractivity contribution in [3.63, 3.8) is 0 Å². The van der Waals surface area contributed by atoms with Crippen LogP contribution in [-0.2, 0) is 16.1 Å². The second-order valence-corrected chi connectivity index (χ2v) is 7.18. The third kappa shape index (κ3) is 3.57. The molecular weight excluding hydrogens is 360 g/mol. The first kappa shape index (κ1) is 18.4. The number of primary amides is 1. The van der Waals surface area contributed by atoms with Gasteiger partial charge in [-0.1, -0.05) is 0 Å². The van der Waals surface area contributed by atoms with Crippen LogP contribution in [0.5, 0.6) is 0 Å². The molecule has 2 aliphatic rings. The summed E-state index contributed by atoms with van der Waals surface area (Å²) in [6.45, 7) is 4.19. The van der Waals surface area contributed by atoms with E-state index in [0.717, 1.165) is 37.3 Å². The fourth-order valence-electron chi connectivity index (χ4n) is 3.62. The topological polar surface area (TPSA) is 115 Å². The number of carbonyl (C=O) groups excluding carboxylic acids is 2. The predicted molar refractivity (Wildman–Crippen MR) is 103 cm³/mol. The van der Waals surface area contributed by atoms with Crippen molar-refractivity contribution in [1.29, 1.82) is 0 Å². The Hall–Kier alpha value is -2.94. The number of aromatic nitrogens is 3. The number of nitrogens with two attached hydrogens (primary N) is 1. The second-order valence-electron chi connectivity index (χ2n) is 7.18. The molecule has 0 bridgehead atoms. The van der Waals surface area contributed by atoms with E-state index >= 15 is 0 Å².